The van der Waals surface area contributed by atoms with E-state index >= 15 is 0 Å². The lowest BCUT2D eigenvalue weighted by molar-refractivity contribution is 0.205. The average molecular weight is 262 g/mol. The van der Waals surface area contributed by atoms with Gasteiger partial charge in [0.15, 0.2) is 0 Å². The summed E-state index contributed by atoms with van der Waals surface area (Å²) in [5.41, 5.74) is 2.91. The molecule has 2 heteroatoms. The van der Waals surface area contributed by atoms with Gasteiger partial charge in [-0.25, -0.2) is 0 Å². The Labute approximate surface area is 119 Å². The van der Waals surface area contributed by atoms with E-state index in [-0.39, 0.29) is 0 Å². The largest absolute Gasteiger partial charge is 0.313 e. The highest BCUT2D eigenvalue weighted by molar-refractivity contribution is 5.27. The van der Waals surface area contributed by atoms with Crippen molar-refractivity contribution in [1.82, 2.24) is 10.2 Å². The van der Waals surface area contributed by atoms with Gasteiger partial charge in [0.1, 0.15) is 0 Å². The van der Waals surface area contributed by atoms with E-state index in [2.05, 4.69) is 62.2 Å². The molecule has 0 bridgehead atoms. The number of benzene rings is 1. The molecule has 0 saturated heterocycles. The summed E-state index contributed by atoms with van der Waals surface area (Å²) in [5, 5.41) is 3.51. The van der Waals surface area contributed by atoms with Gasteiger partial charge in [0.2, 0.25) is 0 Å². The van der Waals surface area contributed by atoms with E-state index in [1.54, 1.807) is 0 Å². The predicted molar refractivity (Wildman–Crippen MR) is 84.3 cm³/mol. The van der Waals surface area contributed by atoms with Crippen molar-refractivity contribution in [3.63, 3.8) is 0 Å². The quantitative estimate of drug-likeness (QED) is 0.681. The van der Waals surface area contributed by atoms with Crippen LogP contribution in [0.4, 0.5) is 0 Å². The molecule has 0 heterocycles. The fraction of sp³-hybridized carbons (Fsp3) is 0.647. The molecule has 1 N–H and O–H groups in total. The molecule has 0 aliphatic rings. The van der Waals surface area contributed by atoms with Gasteiger partial charge in [0.05, 0.1) is 0 Å². The highest BCUT2D eigenvalue weighted by Crippen LogP contribution is 2.14. The lowest BCUT2D eigenvalue weighted by Crippen LogP contribution is -2.32. The van der Waals surface area contributed by atoms with Gasteiger partial charge in [-0.15, -0.1) is 0 Å². The van der Waals surface area contributed by atoms with E-state index in [1.165, 1.54) is 24.0 Å². The number of hydrogen-bond donors (Lipinski definition) is 1. The second kappa shape index (κ2) is 9.11. The van der Waals surface area contributed by atoms with E-state index in [1.807, 2.05) is 0 Å². The van der Waals surface area contributed by atoms with Gasteiger partial charge in [0.25, 0.3) is 0 Å². The normalized spacial score (nSPS) is 12.9. The molecular weight excluding hydrogens is 232 g/mol. The zero-order valence-corrected chi connectivity index (χ0v) is 13.1. The standard InChI is InChI=1S/C17H30N2/c1-5-12-18-13-16-10-8-9-11-17(16)14-19(7-3)15(4)6-2/h8-11,15,18H,5-7,12-14H2,1-4H3. The van der Waals surface area contributed by atoms with E-state index in [0.29, 0.717) is 6.04 Å². The fourth-order valence-electron chi connectivity index (χ4n) is 2.34. The number of hydrogen-bond acceptors (Lipinski definition) is 2. The molecule has 0 fully saturated rings. The van der Waals surface area contributed by atoms with Crippen LogP contribution in [-0.2, 0) is 13.1 Å². The summed E-state index contributed by atoms with van der Waals surface area (Å²) in [6, 6.07) is 9.48. The molecule has 0 spiro atoms. The Hall–Kier alpha value is -0.860. The van der Waals surface area contributed by atoms with E-state index < -0.39 is 0 Å². The van der Waals surface area contributed by atoms with Gasteiger partial charge in [0, 0.05) is 19.1 Å². The molecule has 2 nitrogen and oxygen atoms in total. The molecule has 1 unspecified atom stereocenters. The number of nitrogens with one attached hydrogen (secondary N) is 1. The number of rotatable bonds is 9. The van der Waals surface area contributed by atoms with Crippen molar-refractivity contribution in [2.24, 2.45) is 0 Å². The summed E-state index contributed by atoms with van der Waals surface area (Å²) < 4.78 is 0. The lowest BCUT2D eigenvalue weighted by atomic mass is 10.1. The summed E-state index contributed by atoms with van der Waals surface area (Å²) >= 11 is 0. The zero-order valence-electron chi connectivity index (χ0n) is 13.1. The second-order valence-corrected chi connectivity index (χ2v) is 5.27. The summed E-state index contributed by atoms with van der Waals surface area (Å²) in [7, 11) is 0. The number of nitrogens with zero attached hydrogens (tertiary/aromatic N) is 1. The summed E-state index contributed by atoms with van der Waals surface area (Å²) in [6.45, 7) is 13.3. The third-order valence-corrected chi connectivity index (χ3v) is 3.85. The second-order valence-electron chi connectivity index (χ2n) is 5.27. The zero-order chi connectivity index (χ0) is 14.1. The highest BCUT2D eigenvalue weighted by Gasteiger charge is 2.12. The van der Waals surface area contributed by atoms with Crippen LogP contribution in [0, 0.1) is 0 Å². The van der Waals surface area contributed by atoms with Gasteiger partial charge < -0.3 is 5.32 Å². The Morgan fingerprint density at radius 3 is 2.37 bits per heavy atom. The molecule has 1 aromatic carbocycles. The van der Waals surface area contributed by atoms with Gasteiger partial charge in [-0.1, -0.05) is 45.0 Å². The van der Waals surface area contributed by atoms with Crippen LogP contribution in [0.25, 0.3) is 0 Å². The van der Waals surface area contributed by atoms with Crippen molar-refractivity contribution in [3.05, 3.63) is 35.4 Å². The Morgan fingerprint density at radius 1 is 1.11 bits per heavy atom. The van der Waals surface area contributed by atoms with Crippen LogP contribution >= 0.6 is 0 Å². The minimum Gasteiger partial charge on any atom is -0.313 e. The van der Waals surface area contributed by atoms with Crippen LogP contribution in [0.5, 0.6) is 0 Å². The summed E-state index contributed by atoms with van der Waals surface area (Å²) in [6.07, 6.45) is 2.40. The third-order valence-electron chi connectivity index (χ3n) is 3.85. The third kappa shape index (κ3) is 5.33. The van der Waals surface area contributed by atoms with Crippen molar-refractivity contribution in [2.75, 3.05) is 13.1 Å². The van der Waals surface area contributed by atoms with Crippen LogP contribution < -0.4 is 5.32 Å². The SMILES string of the molecule is CCCNCc1ccccc1CN(CC)C(C)CC. The van der Waals surface area contributed by atoms with Crippen molar-refractivity contribution < 1.29 is 0 Å². The van der Waals surface area contributed by atoms with E-state index in [4.69, 9.17) is 0 Å². The van der Waals surface area contributed by atoms with Crippen LogP contribution in [-0.4, -0.2) is 24.0 Å². The Morgan fingerprint density at radius 2 is 1.79 bits per heavy atom. The molecule has 0 amide bonds. The first-order valence-electron chi connectivity index (χ1n) is 7.74. The smallest absolute Gasteiger partial charge is 0.0239 e. The van der Waals surface area contributed by atoms with Crippen LogP contribution in [0.1, 0.15) is 51.7 Å². The molecule has 0 saturated carbocycles. The molecule has 0 aromatic heterocycles. The maximum Gasteiger partial charge on any atom is 0.0239 e. The summed E-state index contributed by atoms with van der Waals surface area (Å²) in [5.74, 6) is 0. The van der Waals surface area contributed by atoms with E-state index in [9.17, 15) is 0 Å². The molecule has 108 valence electrons. The molecule has 1 rings (SSSR count). The Balaban J connectivity index is 2.70. The average Bonchev–Trinajstić information content (AvgIpc) is 2.45. The topological polar surface area (TPSA) is 15.3 Å². The van der Waals surface area contributed by atoms with Gasteiger partial charge in [-0.05, 0) is 44.0 Å². The first-order valence-corrected chi connectivity index (χ1v) is 7.74. The minimum absolute atomic E-state index is 0.654. The molecule has 1 atom stereocenters. The van der Waals surface area contributed by atoms with Crippen molar-refractivity contribution >= 4 is 0 Å². The maximum atomic E-state index is 3.51. The van der Waals surface area contributed by atoms with Gasteiger partial charge >= 0.3 is 0 Å². The van der Waals surface area contributed by atoms with Crippen molar-refractivity contribution in [2.45, 2.75) is 59.7 Å². The van der Waals surface area contributed by atoms with Gasteiger partial charge in [-0.2, -0.15) is 0 Å². The predicted octanol–water partition coefficient (Wildman–Crippen LogP) is 3.81. The highest BCUT2D eigenvalue weighted by atomic mass is 15.1. The first kappa shape index (κ1) is 16.2. The monoisotopic (exact) mass is 262 g/mol. The van der Waals surface area contributed by atoms with Gasteiger partial charge in [-0.3, -0.25) is 4.90 Å². The maximum absolute atomic E-state index is 3.51. The first-order chi connectivity index (χ1) is 9.22. The summed E-state index contributed by atoms with van der Waals surface area (Å²) in [4.78, 5) is 2.55. The molecule has 19 heavy (non-hydrogen) atoms. The molecular formula is C17H30N2. The molecule has 0 aliphatic heterocycles. The lowest BCUT2D eigenvalue weighted by Gasteiger charge is -2.28. The van der Waals surface area contributed by atoms with Crippen LogP contribution in [0.15, 0.2) is 24.3 Å². The van der Waals surface area contributed by atoms with E-state index in [0.717, 1.165) is 26.2 Å². The minimum atomic E-state index is 0.654. The molecule has 0 radical (unpaired) electrons. The van der Waals surface area contributed by atoms with Crippen LogP contribution in [0.2, 0.25) is 0 Å². The Bertz CT molecular complexity index is 349. The van der Waals surface area contributed by atoms with Crippen molar-refractivity contribution in [1.29, 1.82) is 0 Å². The molecule has 1 aromatic rings. The van der Waals surface area contributed by atoms with Crippen molar-refractivity contribution in [3.8, 4) is 0 Å². The Kier molecular flexibility index (Phi) is 7.76. The fourth-order valence-corrected chi connectivity index (χ4v) is 2.34. The molecule has 0 aliphatic carbocycles. The van der Waals surface area contributed by atoms with Crippen LogP contribution in [0.3, 0.4) is 0 Å².